The van der Waals surface area contributed by atoms with Gasteiger partial charge in [-0.3, -0.25) is 4.79 Å². The lowest BCUT2D eigenvalue weighted by molar-refractivity contribution is -0.149. The zero-order valence-corrected chi connectivity index (χ0v) is 11.2. The van der Waals surface area contributed by atoms with Crippen molar-refractivity contribution in [2.24, 2.45) is 11.3 Å². The lowest BCUT2D eigenvalue weighted by atomic mass is 9.81. The van der Waals surface area contributed by atoms with Crippen LogP contribution in [0.1, 0.15) is 24.8 Å². The summed E-state index contributed by atoms with van der Waals surface area (Å²) in [4.78, 5) is 17.2. The van der Waals surface area contributed by atoms with Crippen molar-refractivity contribution in [3.63, 3.8) is 0 Å². The van der Waals surface area contributed by atoms with Gasteiger partial charge in [0.1, 0.15) is 5.82 Å². The zero-order valence-electron chi connectivity index (χ0n) is 11.2. The molecule has 2 aliphatic rings. The molecule has 2 atom stereocenters. The number of aromatic nitrogens is 1. The summed E-state index contributed by atoms with van der Waals surface area (Å²) in [7, 11) is 0. The number of hydrogen-bond donors (Lipinski definition) is 1. The van der Waals surface area contributed by atoms with Crippen LogP contribution in [0.4, 0.5) is 19.0 Å². The molecular formula is C14H15F3N2O2. The van der Waals surface area contributed by atoms with Crippen LogP contribution in [0.3, 0.4) is 0 Å². The highest BCUT2D eigenvalue weighted by atomic mass is 19.4. The predicted octanol–water partition coefficient (Wildman–Crippen LogP) is 2.79. The number of fused-ring (bicyclic) bond motifs is 1. The van der Waals surface area contributed by atoms with E-state index in [1.165, 1.54) is 6.07 Å². The molecule has 1 aromatic rings. The van der Waals surface area contributed by atoms with Crippen molar-refractivity contribution in [1.29, 1.82) is 0 Å². The molecule has 0 unspecified atom stereocenters. The normalized spacial score (nSPS) is 28.7. The largest absolute Gasteiger partial charge is 0.481 e. The van der Waals surface area contributed by atoms with Gasteiger partial charge in [0, 0.05) is 19.3 Å². The third-order valence-corrected chi connectivity index (χ3v) is 4.70. The second-order valence-corrected chi connectivity index (χ2v) is 5.83. The number of alkyl halides is 3. The van der Waals surface area contributed by atoms with Gasteiger partial charge in [0.25, 0.3) is 0 Å². The van der Waals surface area contributed by atoms with Crippen LogP contribution in [0.5, 0.6) is 0 Å². The minimum absolute atomic E-state index is 0.0547. The van der Waals surface area contributed by atoms with E-state index < -0.39 is 23.1 Å². The number of aliphatic carboxylic acids is 1. The van der Waals surface area contributed by atoms with Gasteiger partial charge in [-0.05, 0) is 30.9 Å². The summed E-state index contributed by atoms with van der Waals surface area (Å²) >= 11 is 0. The van der Waals surface area contributed by atoms with Crippen molar-refractivity contribution in [2.45, 2.75) is 25.4 Å². The highest BCUT2D eigenvalue weighted by Gasteiger charge is 2.55. The van der Waals surface area contributed by atoms with E-state index in [2.05, 4.69) is 4.98 Å². The molecule has 3 rings (SSSR count). The molecule has 1 saturated carbocycles. The smallest absolute Gasteiger partial charge is 0.417 e. The Bertz CT molecular complexity index is 558. The van der Waals surface area contributed by atoms with E-state index in [-0.39, 0.29) is 5.92 Å². The van der Waals surface area contributed by atoms with Gasteiger partial charge in [0.2, 0.25) is 0 Å². The molecule has 1 N–H and O–H groups in total. The van der Waals surface area contributed by atoms with Crippen LogP contribution >= 0.6 is 0 Å². The third-order valence-electron chi connectivity index (χ3n) is 4.70. The Morgan fingerprint density at radius 2 is 2.19 bits per heavy atom. The van der Waals surface area contributed by atoms with E-state index >= 15 is 0 Å². The Morgan fingerprint density at radius 1 is 1.43 bits per heavy atom. The minimum Gasteiger partial charge on any atom is -0.481 e. The molecule has 114 valence electrons. The summed E-state index contributed by atoms with van der Waals surface area (Å²) in [6.07, 6.45) is -1.23. The quantitative estimate of drug-likeness (QED) is 0.912. The molecule has 2 heterocycles. The Hall–Kier alpha value is -1.79. The summed E-state index contributed by atoms with van der Waals surface area (Å²) in [5.41, 5.74) is -1.55. The fraction of sp³-hybridized carbons (Fsp3) is 0.571. The molecule has 7 heteroatoms. The Labute approximate surface area is 119 Å². The summed E-state index contributed by atoms with van der Waals surface area (Å²) in [5.74, 6) is -0.337. The number of hydrogen-bond acceptors (Lipinski definition) is 3. The van der Waals surface area contributed by atoms with E-state index in [1.54, 1.807) is 4.90 Å². The summed E-state index contributed by atoms with van der Waals surface area (Å²) in [5, 5.41) is 9.49. The number of anilines is 1. The van der Waals surface area contributed by atoms with E-state index in [0.29, 0.717) is 25.3 Å². The van der Waals surface area contributed by atoms with Crippen LogP contribution in [0.2, 0.25) is 0 Å². The van der Waals surface area contributed by atoms with Crippen LogP contribution in [0.25, 0.3) is 0 Å². The third kappa shape index (κ3) is 2.24. The van der Waals surface area contributed by atoms with Crippen molar-refractivity contribution in [3.8, 4) is 0 Å². The van der Waals surface area contributed by atoms with Crippen molar-refractivity contribution >= 4 is 11.8 Å². The number of halogens is 3. The predicted molar refractivity (Wildman–Crippen MR) is 68.9 cm³/mol. The molecule has 0 aromatic carbocycles. The van der Waals surface area contributed by atoms with Gasteiger partial charge in [-0.15, -0.1) is 0 Å². The van der Waals surface area contributed by atoms with Crippen molar-refractivity contribution in [2.75, 3.05) is 18.0 Å². The van der Waals surface area contributed by atoms with Gasteiger partial charge >= 0.3 is 12.1 Å². The van der Waals surface area contributed by atoms with Crippen LogP contribution in [-0.2, 0) is 11.0 Å². The molecule has 0 amide bonds. The molecule has 0 radical (unpaired) electrons. The molecule has 21 heavy (non-hydrogen) atoms. The first-order valence-corrected chi connectivity index (χ1v) is 6.84. The molecule has 4 nitrogen and oxygen atoms in total. The van der Waals surface area contributed by atoms with Gasteiger partial charge in [-0.1, -0.05) is 6.42 Å². The molecule has 2 fully saturated rings. The topological polar surface area (TPSA) is 53.4 Å². The van der Waals surface area contributed by atoms with Crippen LogP contribution < -0.4 is 4.90 Å². The Balaban J connectivity index is 1.82. The summed E-state index contributed by atoms with van der Waals surface area (Å²) in [6.45, 7) is 0.871. The lowest BCUT2D eigenvalue weighted by Crippen LogP contribution is -2.35. The maximum atomic E-state index is 12.5. The zero-order chi connectivity index (χ0) is 15.3. The van der Waals surface area contributed by atoms with E-state index in [4.69, 9.17) is 0 Å². The first-order chi connectivity index (χ1) is 9.83. The number of rotatable bonds is 2. The molecule has 1 aliphatic carbocycles. The number of carbonyl (C=O) groups is 1. The van der Waals surface area contributed by atoms with Crippen molar-refractivity contribution in [3.05, 3.63) is 23.9 Å². The second-order valence-electron chi connectivity index (χ2n) is 5.83. The highest BCUT2D eigenvalue weighted by molar-refractivity contribution is 5.77. The number of carboxylic acids is 1. The van der Waals surface area contributed by atoms with E-state index in [0.717, 1.165) is 25.1 Å². The minimum atomic E-state index is -4.41. The molecular weight excluding hydrogens is 285 g/mol. The monoisotopic (exact) mass is 300 g/mol. The van der Waals surface area contributed by atoms with Gasteiger partial charge in [-0.25, -0.2) is 4.98 Å². The molecule has 1 saturated heterocycles. The average molecular weight is 300 g/mol. The van der Waals surface area contributed by atoms with Crippen molar-refractivity contribution in [1.82, 2.24) is 4.98 Å². The Kier molecular flexibility index (Phi) is 3.11. The second kappa shape index (κ2) is 4.61. The SMILES string of the molecule is O=C(O)[C@@]12CCC[C@H]1CN(c1ccc(C(F)(F)F)cn1)C2. The summed E-state index contributed by atoms with van der Waals surface area (Å²) < 4.78 is 37.6. The van der Waals surface area contributed by atoms with Crippen LogP contribution in [0, 0.1) is 11.3 Å². The molecule has 0 bridgehead atoms. The fourth-order valence-corrected chi connectivity index (χ4v) is 3.55. The lowest BCUT2D eigenvalue weighted by Gasteiger charge is -2.23. The number of nitrogens with zero attached hydrogens (tertiary/aromatic N) is 2. The molecule has 0 spiro atoms. The maximum absolute atomic E-state index is 12.5. The summed E-state index contributed by atoms with van der Waals surface area (Å²) in [6, 6.07) is 2.31. The van der Waals surface area contributed by atoms with Crippen LogP contribution in [-0.4, -0.2) is 29.1 Å². The Morgan fingerprint density at radius 3 is 2.71 bits per heavy atom. The van der Waals surface area contributed by atoms with Gasteiger partial charge < -0.3 is 10.0 Å². The highest BCUT2D eigenvalue weighted by Crippen LogP contribution is 2.49. The fourth-order valence-electron chi connectivity index (χ4n) is 3.55. The van der Waals surface area contributed by atoms with E-state index in [9.17, 15) is 23.1 Å². The maximum Gasteiger partial charge on any atom is 0.417 e. The van der Waals surface area contributed by atoms with Crippen molar-refractivity contribution < 1.29 is 23.1 Å². The van der Waals surface area contributed by atoms with Gasteiger partial charge in [-0.2, -0.15) is 13.2 Å². The first-order valence-electron chi connectivity index (χ1n) is 6.84. The molecule has 1 aliphatic heterocycles. The van der Waals surface area contributed by atoms with Gasteiger partial charge in [0.15, 0.2) is 0 Å². The van der Waals surface area contributed by atoms with E-state index in [1.807, 2.05) is 0 Å². The van der Waals surface area contributed by atoms with Gasteiger partial charge in [0.05, 0.1) is 11.0 Å². The number of pyridine rings is 1. The van der Waals surface area contributed by atoms with Crippen LogP contribution in [0.15, 0.2) is 18.3 Å². The molecule has 1 aromatic heterocycles. The average Bonchev–Trinajstić information content (AvgIpc) is 2.95. The first kappa shape index (κ1) is 14.2. The number of carboxylic acid groups (broad SMARTS) is 1. The standard InChI is InChI=1S/C14H15F3N2O2/c15-14(16,17)9-3-4-11(18-6-9)19-7-10-2-1-5-13(10,8-19)12(20)21/h3-4,6,10H,1-2,5,7-8H2,(H,20,21)/t10-,13+/m0/s1.